The van der Waals surface area contributed by atoms with Crippen molar-refractivity contribution in [1.29, 1.82) is 0 Å². The monoisotopic (exact) mass is 472 g/mol. The molecule has 2 aliphatic carbocycles. The number of non-ortho nitro benzene ring substituents is 1. The van der Waals surface area contributed by atoms with Crippen LogP contribution in [0, 0.1) is 10.1 Å². The molecule has 2 aromatic rings. The zero-order chi connectivity index (χ0) is 23.5. The Morgan fingerprint density at radius 3 is 2.36 bits per heavy atom. The summed E-state index contributed by atoms with van der Waals surface area (Å²) < 4.78 is 2.00. The maximum absolute atomic E-state index is 13.6. The number of nitro benzene ring substituents is 1. The number of rotatable bonds is 8. The van der Waals surface area contributed by atoms with Crippen LogP contribution >= 0.6 is 11.6 Å². The fourth-order valence-electron chi connectivity index (χ4n) is 4.58. The van der Waals surface area contributed by atoms with Gasteiger partial charge in [-0.25, -0.2) is 0 Å². The molecular formula is C24H29ClN4O4. The van der Waals surface area contributed by atoms with Crippen molar-refractivity contribution in [3.05, 3.63) is 62.9 Å². The van der Waals surface area contributed by atoms with Gasteiger partial charge in [-0.15, -0.1) is 0 Å². The summed E-state index contributed by atoms with van der Waals surface area (Å²) in [5.41, 5.74) is 1.07. The van der Waals surface area contributed by atoms with E-state index in [0.717, 1.165) is 50.6 Å². The first-order valence-corrected chi connectivity index (χ1v) is 11.9. The topological polar surface area (TPSA) is 88.7 Å². The van der Waals surface area contributed by atoms with Gasteiger partial charge in [0.15, 0.2) is 0 Å². The van der Waals surface area contributed by atoms with Gasteiger partial charge in [0.05, 0.1) is 22.1 Å². The predicted molar refractivity (Wildman–Crippen MR) is 125 cm³/mol. The third kappa shape index (κ3) is 5.38. The van der Waals surface area contributed by atoms with Gasteiger partial charge in [0.2, 0.25) is 5.91 Å². The summed E-state index contributed by atoms with van der Waals surface area (Å²) in [6.45, 7) is 0.496. The summed E-state index contributed by atoms with van der Waals surface area (Å²) in [4.78, 5) is 41.1. The molecule has 1 aromatic carbocycles. The summed E-state index contributed by atoms with van der Waals surface area (Å²) in [5.74, 6) is -0.416. The van der Waals surface area contributed by atoms with E-state index >= 15 is 0 Å². The molecule has 0 aliphatic heterocycles. The Bertz CT molecular complexity index is 1040. The Hall–Kier alpha value is -2.87. The molecule has 2 aliphatic rings. The van der Waals surface area contributed by atoms with E-state index in [9.17, 15) is 19.7 Å². The first kappa shape index (κ1) is 23.3. The van der Waals surface area contributed by atoms with Gasteiger partial charge in [0.25, 0.3) is 11.6 Å². The van der Waals surface area contributed by atoms with Gasteiger partial charge in [0, 0.05) is 43.2 Å². The molecule has 0 saturated heterocycles. The first-order valence-electron chi connectivity index (χ1n) is 11.5. The number of hydrogen-bond donors (Lipinski definition) is 0. The molecule has 0 radical (unpaired) electrons. The van der Waals surface area contributed by atoms with Crippen molar-refractivity contribution in [2.24, 2.45) is 7.05 Å². The predicted octanol–water partition coefficient (Wildman–Crippen LogP) is 4.55. The van der Waals surface area contributed by atoms with E-state index in [4.69, 9.17) is 11.6 Å². The molecule has 1 aromatic heterocycles. The molecule has 0 N–H and O–H groups in total. The van der Waals surface area contributed by atoms with Gasteiger partial charge in [0.1, 0.15) is 6.54 Å². The van der Waals surface area contributed by atoms with Gasteiger partial charge in [-0.2, -0.15) is 0 Å². The van der Waals surface area contributed by atoms with Crippen molar-refractivity contribution in [3.8, 4) is 0 Å². The normalized spacial score (nSPS) is 16.4. The average molecular weight is 473 g/mol. The molecule has 0 spiro atoms. The van der Waals surface area contributed by atoms with Gasteiger partial charge in [-0.1, -0.05) is 30.9 Å². The van der Waals surface area contributed by atoms with Crippen LogP contribution in [0.2, 0.25) is 5.02 Å². The summed E-state index contributed by atoms with van der Waals surface area (Å²) in [7, 11) is 1.96. The van der Waals surface area contributed by atoms with Gasteiger partial charge >= 0.3 is 0 Å². The van der Waals surface area contributed by atoms with Crippen molar-refractivity contribution in [3.63, 3.8) is 0 Å². The summed E-state index contributed by atoms with van der Waals surface area (Å²) >= 11 is 6.27. The lowest BCUT2D eigenvalue weighted by Crippen LogP contribution is -2.48. The molecule has 0 atom stereocenters. The minimum atomic E-state index is -0.542. The summed E-state index contributed by atoms with van der Waals surface area (Å²) in [5, 5.41) is 11.1. The van der Waals surface area contributed by atoms with Crippen molar-refractivity contribution in [2.45, 2.75) is 63.6 Å². The smallest absolute Gasteiger partial charge is 0.270 e. The number of hydrogen-bond acceptors (Lipinski definition) is 4. The molecule has 2 saturated carbocycles. The van der Waals surface area contributed by atoms with E-state index in [-0.39, 0.29) is 46.7 Å². The van der Waals surface area contributed by atoms with Gasteiger partial charge in [-0.05, 0) is 43.9 Å². The van der Waals surface area contributed by atoms with Crippen molar-refractivity contribution in [1.82, 2.24) is 14.4 Å². The van der Waals surface area contributed by atoms with Gasteiger partial charge in [-0.3, -0.25) is 19.7 Å². The van der Waals surface area contributed by atoms with Crippen molar-refractivity contribution in [2.75, 3.05) is 6.54 Å². The molecule has 33 heavy (non-hydrogen) atoms. The maximum atomic E-state index is 13.6. The number of carbonyl (C=O) groups is 2. The zero-order valence-corrected chi connectivity index (χ0v) is 19.5. The molecule has 1 heterocycles. The number of benzene rings is 1. The quantitative estimate of drug-likeness (QED) is 0.416. The Morgan fingerprint density at radius 2 is 1.79 bits per heavy atom. The molecule has 2 amide bonds. The Labute approximate surface area is 198 Å². The largest absolute Gasteiger partial charge is 0.353 e. The maximum Gasteiger partial charge on any atom is 0.270 e. The molecule has 4 rings (SSSR count). The van der Waals surface area contributed by atoms with Crippen molar-refractivity contribution >= 4 is 29.1 Å². The van der Waals surface area contributed by atoms with E-state index in [1.165, 1.54) is 18.2 Å². The van der Waals surface area contributed by atoms with Crippen LogP contribution in [0.3, 0.4) is 0 Å². The molecule has 176 valence electrons. The summed E-state index contributed by atoms with van der Waals surface area (Å²) in [6, 6.07) is 8.00. The number of aryl methyl sites for hydroxylation is 1. The second-order valence-electron chi connectivity index (χ2n) is 9.01. The first-order chi connectivity index (χ1) is 15.8. The number of carbonyl (C=O) groups excluding carboxylic acids is 2. The highest BCUT2D eigenvalue weighted by Crippen LogP contribution is 2.31. The minimum absolute atomic E-state index is 0.0161. The number of amides is 2. The van der Waals surface area contributed by atoms with Crippen LogP contribution in [-0.4, -0.2) is 49.7 Å². The second kappa shape index (κ2) is 9.95. The highest BCUT2D eigenvalue weighted by molar-refractivity contribution is 6.34. The average Bonchev–Trinajstić information content (AvgIpc) is 3.57. The highest BCUT2D eigenvalue weighted by Gasteiger charge is 2.36. The molecule has 8 nitrogen and oxygen atoms in total. The molecule has 0 bridgehead atoms. The molecule has 2 fully saturated rings. The van der Waals surface area contributed by atoms with Crippen LogP contribution in [0.5, 0.6) is 0 Å². The summed E-state index contributed by atoms with van der Waals surface area (Å²) in [6.07, 6.45) is 8.71. The van der Waals surface area contributed by atoms with Crippen LogP contribution < -0.4 is 0 Å². The van der Waals surface area contributed by atoms with Crippen LogP contribution in [0.25, 0.3) is 0 Å². The van der Waals surface area contributed by atoms with Crippen molar-refractivity contribution < 1.29 is 14.5 Å². The lowest BCUT2D eigenvalue weighted by atomic mass is 9.93. The van der Waals surface area contributed by atoms with E-state index in [1.807, 2.05) is 34.8 Å². The van der Waals surface area contributed by atoms with E-state index < -0.39 is 4.92 Å². The fraction of sp³-hybridized carbons (Fsp3) is 0.500. The van der Waals surface area contributed by atoms with E-state index in [1.54, 1.807) is 4.90 Å². The van der Waals surface area contributed by atoms with E-state index in [2.05, 4.69) is 0 Å². The fourth-order valence-corrected chi connectivity index (χ4v) is 4.84. The SMILES string of the molecule is Cn1cccc1CN(C(=O)CN(C(=O)c1ccc([N+](=O)[O-])cc1Cl)C1CCCCC1)C1CC1. The minimum Gasteiger partial charge on any atom is -0.353 e. The molecule has 9 heteroatoms. The van der Waals surface area contributed by atoms with Crippen LogP contribution in [0.15, 0.2) is 36.5 Å². The number of halogens is 1. The highest BCUT2D eigenvalue weighted by atomic mass is 35.5. The Kier molecular flexibility index (Phi) is 7.02. The molecule has 0 unspecified atom stereocenters. The Morgan fingerprint density at radius 1 is 1.09 bits per heavy atom. The zero-order valence-electron chi connectivity index (χ0n) is 18.8. The van der Waals surface area contributed by atoms with E-state index in [0.29, 0.717) is 6.54 Å². The van der Waals surface area contributed by atoms with Crippen LogP contribution in [-0.2, 0) is 18.4 Å². The van der Waals surface area contributed by atoms with Crippen LogP contribution in [0.4, 0.5) is 5.69 Å². The number of nitrogens with zero attached hydrogens (tertiary/aromatic N) is 4. The second-order valence-corrected chi connectivity index (χ2v) is 9.42. The third-order valence-corrected chi connectivity index (χ3v) is 6.98. The Balaban J connectivity index is 1.57. The standard InChI is InChI=1S/C24H29ClN4O4/c1-26-13-5-8-20(26)15-27(18-9-10-18)23(30)16-28(17-6-3-2-4-7-17)24(31)21-12-11-19(29(32)33)14-22(21)25/h5,8,11-14,17-18H,2-4,6-7,9-10,15-16H2,1H3. The number of aromatic nitrogens is 1. The lowest BCUT2D eigenvalue weighted by molar-refractivity contribution is -0.384. The third-order valence-electron chi connectivity index (χ3n) is 6.67. The number of nitro groups is 1. The lowest BCUT2D eigenvalue weighted by Gasteiger charge is -2.36. The molecular weight excluding hydrogens is 444 g/mol. The van der Waals surface area contributed by atoms with Gasteiger partial charge < -0.3 is 14.4 Å². The van der Waals surface area contributed by atoms with Crippen LogP contribution in [0.1, 0.15) is 61.0 Å².